The van der Waals surface area contributed by atoms with E-state index in [1.165, 1.54) is 0 Å². The highest BCUT2D eigenvalue weighted by Crippen LogP contribution is 2.24. The van der Waals surface area contributed by atoms with Gasteiger partial charge in [0, 0.05) is 5.69 Å². The fourth-order valence-electron chi connectivity index (χ4n) is 2.02. The summed E-state index contributed by atoms with van der Waals surface area (Å²) in [6.07, 6.45) is 0.895. The predicted octanol–water partition coefficient (Wildman–Crippen LogP) is 4.08. The largest absolute Gasteiger partial charge is 0.307 e. The number of nitrogens with zero attached hydrogens (tertiary/aromatic N) is 1. The number of halogens is 1. The summed E-state index contributed by atoms with van der Waals surface area (Å²) in [6, 6.07) is 10.0. The van der Waals surface area contributed by atoms with E-state index in [9.17, 15) is 4.79 Å². The fourth-order valence-corrected chi connectivity index (χ4v) is 2.82. The molecule has 2 rings (SSSR count). The summed E-state index contributed by atoms with van der Waals surface area (Å²) >= 11 is 7.38. The molecule has 100 valence electrons. The topological polar surface area (TPSA) is 20.3 Å². The number of aryl methyl sites for hydroxylation is 1. The van der Waals surface area contributed by atoms with E-state index in [1.54, 1.807) is 16.2 Å². The molecule has 0 saturated carbocycles. The van der Waals surface area contributed by atoms with Crippen LogP contribution in [0, 0.1) is 0 Å². The first kappa shape index (κ1) is 14.1. The zero-order valence-corrected chi connectivity index (χ0v) is 12.4. The zero-order valence-electron chi connectivity index (χ0n) is 10.8. The van der Waals surface area contributed by atoms with E-state index in [0.29, 0.717) is 6.54 Å². The van der Waals surface area contributed by atoms with Gasteiger partial charge in [-0.3, -0.25) is 4.79 Å². The Morgan fingerprint density at radius 2 is 2.11 bits per heavy atom. The van der Waals surface area contributed by atoms with Crippen molar-refractivity contribution in [2.24, 2.45) is 0 Å². The second-order valence-electron chi connectivity index (χ2n) is 4.23. The quantitative estimate of drug-likeness (QED) is 0.761. The molecule has 0 aliphatic heterocycles. The summed E-state index contributed by atoms with van der Waals surface area (Å²) in [5.41, 5.74) is 3.26. The molecule has 1 heterocycles. The lowest BCUT2D eigenvalue weighted by molar-refractivity contribution is -0.116. The van der Waals surface area contributed by atoms with Gasteiger partial charge >= 0.3 is 0 Å². The number of amides is 1. The Bertz CT molecular complexity index is 539. The highest BCUT2D eigenvalue weighted by atomic mass is 35.5. The molecule has 0 bridgehead atoms. The zero-order chi connectivity index (χ0) is 13.7. The van der Waals surface area contributed by atoms with Crippen LogP contribution in [0.3, 0.4) is 0 Å². The molecule has 19 heavy (non-hydrogen) atoms. The average molecular weight is 294 g/mol. The lowest BCUT2D eigenvalue weighted by atomic mass is 10.1. The van der Waals surface area contributed by atoms with E-state index in [-0.39, 0.29) is 11.8 Å². The number of alkyl halides is 1. The normalized spacial score (nSPS) is 10.4. The summed E-state index contributed by atoms with van der Waals surface area (Å²) < 4.78 is 0. The number of thiophene rings is 1. The van der Waals surface area contributed by atoms with Crippen LogP contribution in [0.2, 0.25) is 0 Å². The van der Waals surface area contributed by atoms with Gasteiger partial charge in [0.1, 0.15) is 5.88 Å². The minimum absolute atomic E-state index is 0.00217. The number of carbonyl (C=O) groups is 1. The number of hydrogen-bond donors (Lipinski definition) is 0. The van der Waals surface area contributed by atoms with Crippen LogP contribution in [0.5, 0.6) is 0 Å². The van der Waals surface area contributed by atoms with Crippen molar-refractivity contribution >= 4 is 34.5 Å². The van der Waals surface area contributed by atoms with Gasteiger partial charge in [0.15, 0.2) is 0 Å². The van der Waals surface area contributed by atoms with Crippen molar-refractivity contribution in [3.8, 4) is 0 Å². The van der Waals surface area contributed by atoms with Crippen LogP contribution in [0.15, 0.2) is 41.1 Å². The van der Waals surface area contributed by atoms with Gasteiger partial charge in [-0.15, -0.1) is 11.6 Å². The smallest absolute Gasteiger partial charge is 0.242 e. The van der Waals surface area contributed by atoms with Crippen molar-refractivity contribution in [1.82, 2.24) is 0 Å². The first-order valence-electron chi connectivity index (χ1n) is 6.21. The summed E-state index contributed by atoms with van der Waals surface area (Å²) in [5, 5.41) is 4.08. The van der Waals surface area contributed by atoms with Crippen LogP contribution in [0.25, 0.3) is 0 Å². The summed E-state index contributed by atoms with van der Waals surface area (Å²) in [6.45, 7) is 2.67. The highest BCUT2D eigenvalue weighted by Gasteiger charge is 2.17. The Hall–Kier alpha value is -1.32. The molecule has 1 aromatic heterocycles. The number of benzene rings is 1. The van der Waals surface area contributed by atoms with Gasteiger partial charge in [-0.05, 0) is 40.4 Å². The molecule has 1 aromatic carbocycles. The van der Waals surface area contributed by atoms with Crippen molar-refractivity contribution in [2.45, 2.75) is 19.9 Å². The predicted molar refractivity (Wildman–Crippen MR) is 82.0 cm³/mol. The van der Waals surface area contributed by atoms with Gasteiger partial charge in [0.05, 0.1) is 6.54 Å². The maximum atomic E-state index is 12.1. The second kappa shape index (κ2) is 6.73. The van der Waals surface area contributed by atoms with E-state index >= 15 is 0 Å². The molecule has 0 fully saturated rings. The van der Waals surface area contributed by atoms with Crippen molar-refractivity contribution in [3.05, 3.63) is 52.2 Å². The molecule has 0 atom stereocenters. The Kier molecular flexibility index (Phi) is 5.00. The SMILES string of the molecule is CCc1ccccc1N(Cc1ccsc1)C(=O)CCl. The van der Waals surface area contributed by atoms with E-state index in [1.807, 2.05) is 29.6 Å². The molecule has 0 spiro atoms. The minimum Gasteiger partial charge on any atom is -0.307 e. The molecule has 0 N–H and O–H groups in total. The van der Waals surface area contributed by atoms with Crippen molar-refractivity contribution in [3.63, 3.8) is 0 Å². The Morgan fingerprint density at radius 3 is 2.74 bits per heavy atom. The van der Waals surface area contributed by atoms with Gasteiger partial charge < -0.3 is 4.90 Å². The standard InChI is InChI=1S/C15H16ClNOS/c1-2-13-5-3-4-6-14(13)17(15(18)9-16)10-12-7-8-19-11-12/h3-8,11H,2,9-10H2,1H3. The third-order valence-electron chi connectivity index (χ3n) is 3.00. The number of rotatable bonds is 5. The second-order valence-corrected chi connectivity index (χ2v) is 5.27. The van der Waals surface area contributed by atoms with E-state index in [4.69, 9.17) is 11.6 Å². The van der Waals surface area contributed by atoms with E-state index in [2.05, 4.69) is 18.4 Å². The lowest BCUT2D eigenvalue weighted by Crippen LogP contribution is -2.32. The third-order valence-corrected chi connectivity index (χ3v) is 3.96. The average Bonchev–Trinajstić information content (AvgIpc) is 2.97. The summed E-state index contributed by atoms with van der Waals surface area (Å²) in [7, 11) is 0. The maximum Gasteiger partial charge on any atom is 0.242 e. The first-order valence-corrected chi connectivity index (χ1v) is 7.69. The number of hydrogen-bond acceptors (Lipinski definition) is 2. The van der Waals surface area contributed by atoms with Crippen LogP contribution in [0.4, 0.5) is 5.69 Å². The van der Waals surface area contributed by atoms with Crippen molar-refractivity contribution in [2.75, 3.05) is 10.8 Å². The maximum absolute atomic E-state index is 12.1. The van der Waals surface area contributed by atoms with Crippen LogP contribution < -0.4 is 4.90 Å². The van der Waals surface area contributed by atoms with Crippen LogP contribution in [-0.2, 0) is 17.8 Å². The fraction of sp³-hybridized carbons (Fsp3) is 0.267. The molecule has 4 heteroatoms. The van der Waals surface area contributed by atoms with Gasteiger partial charge in [0.2, 0.25) is 5.91 Å². The Morgan fingerprint density at radius 1 is 1.32 bits per heavy atom. The molecule has 0 aliphatic rings. The number of para-hydroxylation sites is 1. The van der Waals surface area contributed by atoms with E-state index < -0.39 is 0 Å². The van der Waals surface area contributed by atoms with E-state index in [0.717, 1.165) is 23.2 Å². The Balaban J connectivity index is 2.34. The van der Waals surface area contributed by atoms with Gasteiger partial charge in [-0.25, -0.2) is 0 Å². The minimum atomic E-state index is -0.0613. The molecule has 0 aliphatic carbocycles. The van der Waals surface area contributed by atoms with Crippen molar-refractivity contribution < 1.29 is 4.79 Å². The van der Waals surface area contributed by atoms with Gasteiger partial charge in [-0.2, -0.15) is 11.3 Å². The number of carbonyl (C=O) groups excluding carboxylic acids is 1. The lowest BCUT2D eigenvalue weighted by Gasteiger charge is -2.24. The first-order chi connectivity index (χ1) is 9.26. The van der Waals surface area contributed by atoms with Crippen molar-refractivity contribution in [1.29, 1.82) is 0 Å². The Labute approximate surface area is 122 Å². The molecule has 0 radical (unpaired) electrons. The summed E-state index contributed by atoms with van der Waals surface area (Å²) in [4.78, 5) is 13.9. The molecule has 2 aromatic rings. The third kappa shape index (κ3) is 3.37. The molecular formula is C15H16ClNOS. The molecule has 2 nitrogen and oxygen atoms in total. The molecule has 0 unspecified atom stereocenters. The van der Waals surface area contributed by atoms with Gasteiger partial charge in [-0.1, -0.05) is 25.1 Å². The van der Waals surface area contributed by atoms with Gasteiger partial charge in [0.25, 0.3) is 0 Å². The molecular weight excluding hydrogens is 278 g/mol. The van der Waals surface area contributed by atoms with Crippen LogP contribution in [0.1, 0.15) is 18.1 Å². The highest BCUT2D eigenvalue weighted by molar-refractivity contribution is 7.07. The monoisotopic (exact) mass is 293 g/mol. The number of anilines is 1. The van der Waals surface area contributed by atoms with Crippen LogP contribution >= 0.6 is 22.9 Å². The molecule has 1 amide bonds. The van der Waals surface area contributed by atoms with Crippen LogP contribution in [-0.4, -0.2) is 11.8 Å². The summed E-state index contributed by atoms with van der Waals surface area (Å²) in [5.74, 6) is -0.0592. The molecule has 0 saturated heterocycles.